The average Bonchev–Trinajstić information content (AvgIpc) is 2.74. The Kier molecular flexibility index (Phi) is 9.86. The van der Waals surface area contributed by atoms with Gasteiger partial charge >= 0.3 is 0 Å². The van der Waals surface area contributed by atoms with Crippen LogP contribution in [0.3, 0.4) is 0 Å². The Morgan fingerprint density at radius 1 is 1.17 bits per heavy atom. The minimum absolute atomic E-state index is 0.0259. The number of phenols is 1. The van der Waals surface area contributed by atoms with Gasteiger partial charge in [0.15, 0.2) is 11.5 Å². The monoisotopic (exact) mass is 475 g/mol. The fourth-order valence-electron chi connectivity index (χ4n) is 2.65. The number of phenolic OH excluding ortho intramolecular Hbond substituents is 1. The summed E-state index contributed by atoms with van der Waals surface area (Å²) in [5.41, 5.74) is 3.81. The van der Waals surface area contributed by atoms with E-state index >= 15 is 0 Å². The van der Waals surface area contributed by atoms with Crippen LogP contribution in [0.25, 0.3) is 0 Å². The van der Waals surface area contributed by atoms with Gasteiger partial charge in [-0.2, -0.15) is 5.10 Å². The molecule has 0 aromatic heterocycles. The van der Waals surface area contributed by atoms with Gasteiger partial charge in [-0.05, 0) is 65.5 Å². The van der Waals surface area contributed by atoms with E-state index in [0.717, 1.165) is 12.8 Å². The summed E-state index contributed by atoms with van der Waals surface area (Å²) in [6.07, 6.45) is 4.19. The molecule has 30 heavy (non-hydrogen) atoms. The Balaban J connectivity index is 1.64. The van der Waals surface area contributed by atoms with Gasteiger partial charge in [0.1, 0.15) is 0 Å². The number of hydrogen-bond donors (Lipinski definition) is 3. The fraction of sp³-hybridized carbons (Fsp3) is 0.318. The number of hydrazone groups is 1. The van der Waals surface area contributed by atoms with E-state index in [9.17, 15) is 14.7 Å². The number of aromatic hydroxyl groups is 1. The molecule has 160 valence electrons. The van der Waals surface area contributed by atoms with E-state index < -0.39 is 0 Å². The Labute approximate surface area is 184 Å². The maximum Gasteiger partial charge on any atom is 0.251 e. The van der Waals surface area contributed by atoms with Crippen molar-refractivity contribution in [2.24, 2.45) is 5.10 Å². The van der Waals surface area contributed by atoms with Crippen molar-refractivity contribution < 1.29 is 19.4 Å². The molecule has 3 N–H and O–H groups in total. The number of amides is 2. The van der Waals surface area contributed by atoms with E-state index in [4.69, 9.17) is 4.74 Å². The molecule has 0 unspecified atom stereocenters. The molecule has 7 nitrogen and oxygen atoms in total. The lowest BCUT2D eigenvalue weighted by molar-refractivity contribution is -0.121. The summed E-state index contributed by atoms with van der Waals surface area (Å²) in [4.78, 5) is 23.8. The second-order valence-electron chi connectivity index (χ2n) is 6.51. The molecule has 0 fully saturated rings. The maximum absolute atomic E-state index is 11.9. The van der Waals surface area contributed by atoms with Gasteiger partial charge in [0.05, 0.1) is 17.3 Å². The minimum atomic E-state index is -0.178. The molecule has 0 saturated carbocycles. The van der Waals surface area contributed by atoms with Crippen molar-refractivity contribution in [1.82, 2.24) is 10.7 Å². The molecule has 0 aliphatic rings. The number of benzene rings is 2. The summed E-state index contributed by atoms with van der Waals surface area (Å²) in [5.74, 6) is 0.107. The molecule has 2 aromatic carbocycles. The highest BCUT2D eigenvalue weighted by Crippen LogP contribution is 2.35. The van der Waals surface area contributed by atoms with Crippen molar-refractivity contribution in [2.75, 3.05) is 13.2 Å². The van der Waals surface area contributed by atoms with E-state index in [-0.39, 0.29) is 17.6 Å². The molecule has 0 heterocycles. The third kappa shape index (κ3) is 7.87. The van der Waals surface area contributed by atoms with Crippen molar-refractivity contribution in [3.8, 4) is 11.5 Å². The van der Waals surface area contributed by atoms with Crippen LogP contribution in [0.2, 0.25) is 0 Å². The lowest BCUT2D eigenvalue weighted by Gasteiger charge is -2.08. The molecule has 0 saturated heterocycles. The highest BCUT2D eigenvalue weighted by molar-refractivity contribution is 9.10. The Bertz CT molecular complexity index is 872. The number of carbonyl (C=O) groups excluding carboxylic acids is 2. The molecule has 0 aliphatic heterocycles. The number of nitrogens with zero attached hydrogens (tertiary/aromatic N) is 1. The van der Waals surface area contributed by atoms with E-state index in [1.165, 1.54) is 6.21 Å². The summed E-state index contributed by atoms with van der Waals surface area (Å²) in [7, 11) is 0. The lowest BCUT2D eigenvalue weighted by Crippen LogP contribution is -2.24. The number of unbranched alkanes of at least 4 members (excludes halogenated alkanes) is 2. The van der Waals surface area contributed by atoms with Gasteiger partial charge in [0.2, 0.25) is 5.91 Å². The van der Waals surface area contributed by atoms with Gasteiger partial charge in [-0.1, -0.05) is 24.6 Å². The first kappa shape index (κ1) is 23.4. The topological polar surface area (TPSA) is 100 Å². The zero-order valence-electron chi connectivity index (χ0n) is 16.9. The number of hydrogen-bond acceptors (Lipinski definition) is 5. The minimum Gasteiger partial charge on any atom is -0.503 e. The lowest BCUT2D eigenvalue weighted by atomic mass is 10.2. The van der Waals surface area contributed by atoms with E-state index in [1.807, 2.05) is 25.1 Å². The number of carbonyl (C=O) groups is 2. The van der Waals surface area contributed by atoms with Crippen molar-refractivity contribution in [3.05, 3.63) is 58.1 Å². The van der Waals surface area contributed by atoms with Crippen molar-refractivity contribution >= 4 is 34.0 Å². The van der Waals surface area contributed by atoms with Crippen LogP contribution < -0.4 is 15.5 Å². The van der Waals surface area contributed by atoms with Crippen LogP contribution in [0.5, 0.6) is 11.5 Å². The molecule has 0 radical (unpaired) electrons. The SMILES string of the molecule is CCOc1cc(C=NNC(=O)CCCCCNC(=O)c2ccccc2)cc(Br)c1O. The Hall–Kier alpha value is -2.87. The first-order valence-electron chi connectivity index (χ1n) is 9.81. The van der Waals surface area contributed by atoms with Gasteiger partial charge in [0.25, 0.3) is 5.91 Å². The van der Waals surface area contributed by atoms with Crippen molar-refractivity contribution in [3.63, 3.8) is 0 Å². The van der Waals surface area contributed by atoms with Crippen LogP contribution in [0.15, 0.2) is 52.0 Å². The zero-order valence-corrected chi connectivity index (χ0v) is 18.4. The summed E-state index contributed by atoms with van der Waals surface area (Å²) < 4.78 is 5.84. The summed E-state index contributed by atoms with van der Waals surface area (Å²) >= 11 is 3.26. The number of halogens is 1. The summed E-state index contributed by atoms with van der Waals surface area (Å²) in [6, 6.07) is 12.4. The van der Waals surface area contributed by atoms with Gasteiger partial charge in [-0.25, -0.2) is 5.43 Å². The van der Waals surface area contributed by atoms with Crippen LogP contribution in [-0.2, 0) is 4.79 Å². The van der Waals surface area contributed by atoms with E-state index in [2.05, 4.69) is 31.8 Å². The molecule has 0 spiro atoms. The molecule has 2 aromatic rings. The fourth-order valence-corrected chi connectivity index (χ4v) is 3.11. The average molecular weight is 476 g/mol. The van der Waals surface area contributed by atoms with Crippen LogP contribution >= 0.6 is 15.9 Å². The third-order valence-electron chi connectivity index (χ3n) is 4.16. The third-order valence-corrected chi connectivity index (χ3v) is 4.76. The second-order valence-corrected chi connectivity index (χ2v) is 7.36. The highest BCUT2D eigenvalue weighted by Gasteiger charge is 2.08. The number of rotatable bonds is 11. The zero-order chi connectivity index (χ0) is 21.8. The van der Waals surface area contributed by atoms with Gasteiger partial charge in [0, 0.05) is 18.5 Å². The molecule has 0 aliphatic carbocycles. The Morgan fingerprint density at radius 3 is 2.67 bits per heavy atom. The van der Waals surface area contributed by atoms with Crippen LogP contribution in [-0.4, -0.2) is 36.3 Å². The van der Waals surface area contributed by atoms with Crippen molar-refractivity contribution in [2.45, 2.75) is 32.6 Å². The molecule has 0 atom stereocenters. The predicted octanol–water partition coefficient (Wildman–Crippen LogP) is 3.99. The molecular formula is C22H26BrN3O4. The predicted molar refractivity (Wildman–Crippen MR) is 120 cm³/mol. The first-order valence-corrected chi connectivity index (χ1v) is 10.6. The molecule has 2 rings (SSSR count). The molecule has 0 bridgehead atoms. The Morgan fingerprint density at radius 2 is 1.93 bits per heavy atom. The molecule has 8 heteroatoms. The van der Waals surface area contributed by atoms with E-state index in [1.54, 1.807) is 24.3 Å². The largest absolute Gasteiger partial charge is 0.503 e. The van der Waals surface area contributed by atoms with Crippen LogP contribution in [0, 0.1) is 0 Å². The van der Waals surface area contributed by atoms with Crippen molar-refractivity contribution in [1.29, 1.82) is 0 Å². The quantitative estimate of drug-likeness (QED) is 0.259. The van der Waals surface area contributed by atoms with Gasteiger partial charge in [-0.15, -0.1) is 0 Å². The summed E-state index contributed by atoms with van der Waals surface area (Å²) in [6.45, 7) is 2.82. The highest BCUT2D eigenvalue weighted by atomic mass is 79.9. The second kappa shape index (κ2) is 12.6. The first-order chi connectivity index (χ1) is 14.5. The van der Waals surface area contributed by atoms with Crippen LogP contribution in [0.1, 0.15) is 48.5 Å². The standard InChI is InChI=1S/C22H26BrN3O4/c1-2-30-19-14-16(13-18(23)21(19)28)15-25-26-20(27)11-7-4-8-12-24-22(29)17-9-5-3-6-10-17/h3,5-6,9-10,13-15,28H,2,4,7-8,11-12H2,1H3,(H,24,29)(H,26,27). The maximum atomic E-state index is 11.9. The van der Waals surface area contributed by atoms with Gasteiger partial charge in [-0.3, -0.25) is 9.59 Å². The molecular weight excluding hydrogens is 450 g/mol. The summed E-state index contributed by atoms with van der Waals surface area (Å²) in [5, 5.41) is 16.7. The van der Waals surface area contributed by atoms with Crippen LogP contribution in [0.4, 0.5) is 0 Å². The van der Waals surface area contributed by atoms with E-state index in [0.29, 0.717) is 47.3 Å². The smallest absolute Gasteiger partial charge is 0.251 e. The number of nitrogens with one attached hydrogen (secondary N) is 2. The van der Waals surface area contributed by atoms with Gasteiger partial charge < -0.3 is 15.2 Å². The molecule has 2 amide bonds. The number of ether oxygens (including phenoxy) is 1. The normalized spacial score (nSPS) is 10.7.